The van der Waals surface area contributed by atoms with Gasteiger partial charge < -0.3 is 20.6 Å². The van der Waals surface area contributed by atoms with E-state index in [0.717, 1.165) is 0 Å². The summed E-state index contributed by atoms with van der Waals surface area (Å²) in [6.45, 7) is 8.38. The van der Waals surface area contributed by atoms with Gasteiger partial charge in [0, 0.05) is 31.9 Å². The quantitative estimate of drug-likeness (QED) is 0.721. The molecule has 0 heterocycles. The molecule has 0 radical (unpaired) electrons. The zero-order valence-electron chi connectivity index (χ0n) is 14.6. The van der Waals surface area contributed by atoms with E-state index < -0.39 is 0 Å². The van der Waals surface area contributed by atoms with Gasteiger partial charge in [0.15, 0.2) is 0 Å². The molecule has 2 amide bonds. The Bertz CT molecular complexity index is 533. The number of anilines is 2. The molecule has 130 valence electrons. The molecule has 0 spiro atoms. The molecule has 23 heavy (non-hydrogen) atoms. The summed E-state index contributed by atoms with van der Waals surface area (Å²) in [5.74, 6) is -0.375. The highest BCUT2D eigenvalue weighted by molar-refractivity contribution is 5.89. The Morgan fingerprint density at radius 3 is 2.57 bits per heavy atom. The molecule has 0 fully saturated rings. The van der Waals surface area contributed by atoms with Crippen molar-refractivity contribution >= 4 is 17.4 Å². The van der Waals surface area contributed by atoms with Crippen LogP contribution in [0, 0.1) is 11.2 Å². The molecule has 3 N–H and O–H groups in total. The summed E-state index contributed by atoms with van der Waals surface area (Å²) in [6, 6.07) is 4.43. The number of aliphatic hydroxyl groups excluding tert-OH is 1. The topological polar surface area (TPSA) is 64.6 Å². The zero-order chi connectivity index (χ0) is 17.6. The van der Waals surface area contributed by atoms with Gasteiger partial charge in [-0.05, 0) is 43.9 Å². The Labute approximate surface area is 137 Å². The number of nitrogens with one attached hydrogen (secondary N) is 2. The number of carbonyl (C=O) groups is 1. The lowest BCUT2D eigenvalue weighted by atomic mass is 9.90. The third-order valence-corrected chi connectivity index (χ3v) is 3.88. The number of amides is 2. The summed E-state index contributed by atoms with van der Waals surface area (Å²) >= 11 is 0. The Hall–Kier alpha value is -1.82. The minimum absolute atomic E-state index is 0.0757. The predicted molar refractivity (Wildman–Crippen MR) is 92.4 cm³/mol. The van der Waals surface area contributed by atoms with E-state index in [1.54, 1.807) is 12.1 Å². The summed E-state index contributed by atoms with van der Waals surface area (Å²) in [7, 11) is 1.83. The van der Waals surface area contributed by atoms with Crippen molar-refractivity contribution in [1.82, 2.24) is 5.32 Å². The van der Waals surface area contributed by atoms with Crippen LogP contribution in [0.3, 0.4) is 0 Å². The monoisotopic (exact) mass is 325 g/mol. The van der Waals surface area contributed by atoms with Crippen LogP contribution < -0.4 is 15.5 Å². The Morgan fingerprint density at radius 1 is 1.39 bits per heavy atom. The van der Waals surface area contributed by atoms with Crippen molar-refractivity contribution in [2.24, 2.45) is 5.41 Å². The van der Waals surface area contributed by atoms with E-state index in [4.69, 9.17) is 5.11 Å². The van der Waals surface area contributed by atoms with Crippen LogP contribution in [0.5, 0.6) is 0 Å². The second-order valence-electron chi connectivity index (χ2n) is 6.82. The normalized spacial score (nSPS) is 11.5. The van der Waals surface area contributed by atoms with Gasteiger partial charge in [0.25, 0.3) is 0 Å². The first-order valence-electron chi connectivity index (χ1n) is 7.84. The van der Waals surface area contributed by atoms with E-state index in [9.17, 15) is 9.18 Å². The molecule has 0 aliphatic carbocycles. The van der Waals surface area contributed by atoms with Gasteiger partial charge in [0.05, 0.1) is 5.69 Å². The Morgan fingerprint density at radius 2 is 2.04 bits per heavy atom. The first-order chi connectivity index (χ1) is 10.7. The molecule has 0 bridgehead atoms. The van der Waals surface area contributed by atoms with E-state index in [2.05, 4.69) is 10.6 Å². The fourth-order valence-corrected chi connectivity index (χ4v) is 2.03. The van der Waals surface area contributed by atoms with Crippen molar-refractivity contribution < 1.29 is 14.3 Å². The van der Waals surface area contributed by atoms with Crippen molar-refractivity contribution in [3.63, 3.8) is 0 Å². The smallest absolute Gasteiger partial charge is 0.319 e. The first kappa shape index (κ1) is 19.2. The van der Waals surface area contributed by atoms with Gasteiger partial charge in [-0.3, -0.25) is 0 Å². The van der Waals surface area contributed by atoms with E-state index in [1.165, 1.54) is 6.07 Å². The molecule has 0 unspecified atom stereocenters. The highest BCUT2D eigenvalue weighted by Gasteiger charge is 2.18. The largest absolute Gasteiger partial charge is 0.396 e. The zero-order valence-corrected chi connectivity index (χ0v) is 14.6. The predicted octanol–water partition coefficient (Wildman–Crippen LogP) is 3.20. The standard InChI is InChI=1S/C17H28FN3O2/c1-12(2)21(5)15-7-6-13(10-14(15)18)20-16(23)19-11-17(3,4)8-9-22/h6-7,10,12,22H,8-9,11H2,1-5H3,(H2,19,20,23). The van der Waals surface area contributed by atoms with E-state index >= 15 is 0 Å². The summed E-state index contributed by atoms with van der Waals surface area (Å²) in [5, 5.41) is 14.3. The second-order valence-corrected chi connectivity index (χ2v) is 6.82. The molecule has 1 aromatic rings. The minimum Gasteiger partial charge on any atom is -0.396 e. The van der Waals surface area contributed by atoms with Crippen molar-refractivity contribution in [2.75, 3.05) is 30.4 Å². The van der Waals surface area contributed by atoms with Crippen LogP contribution in [0.1, 0.15) is 34.1 Å². The molecular weight excluding hydrogens is 297 g/mol. The van der Waals surface area contributed by atoms with Crippen LogP contribution in [0.2, 0.25) is 0 Å². The molecule has 0 atom stereocenters. The van der Waals surface area contributed by atoms with Crippen LogP contribution >= 0.6 is 0 Å². The number of aliphatic hydroxyl groups is 1. The molecule has 0 aromatic heterocycles. The number of nitrogens with zero attached hydrogens (tertiary/aromatic N) is 1. The number of carbonyl (C=O) groups excluding carboxylic acids is 1. The molecular formula is C17H28FN3O2. The lowest BCUT2D eigenvalue weighted by Gasteiger charge is -2.25. The molecule has 1 aromatic carbocycles. The molecule has 5 nitrogen and oxygen atoms in total. The average molecular weight is 325 g/mol. The van der Waals surface area contributed by atoms with Gasteiger partial charge in [-0.2, -0.15) is 0 Å². The summed E-state index contributed by atoms with van der Waals surface area (Å²) in [4.78, 5) is 13.7. The summed E-state index contributed by atoms with van der Waals surface area (Å²) in [6.07, 6.45) is 0.595. The maximum absolute atomic E-state index is 14.1. The number of hydrogen-bond donors (Lipinski definition) is 3. The number of urea groups is 1. The van der Waals surface area contributed by atoms with E-state index in [-0.39, 0.29) is 29.9 Å². The van der Waals surface area contributed by atoms with Crippen LogP contribution in [0.25, 0.3) is 0 Å². The maximum atomic E-state index is 14.1. The molecule has 0 aliphatic heterocycles. The Kier molecular flexibility index (Phi) is 6.81. The highest BCUT2D eigenvalue weighted by Crippen LogP contribution is 2.23. The fourth-order valence-electron chi connectivity index (χ4n) is 2.03. The van der Waals surface area contributed by atoms with Gasteiger partial charge >= 0.3 is 6.03 Å². The lowest BCUT2D eigenvalue weighted by Crippen LogP contribution is -2.37. The highest BCUT2D eigenvalue weighted by atomic mass is 19.1. The Balaban J connectivity index is 2.64. The second kappa shape index (κ2) is 8.15. The molecule has 0 saturated heterocycles. The van der Waals surface area contributed by atoms with Crippen LogP contribution in [-0.2, 0) is 0 Å². The van der Waals surface area contributed by atoms with Crippen LogP contribution in [0.4, 0.5) is 20.6 Å². The first-order valence-corrected chi connectivity index (χ1v) is 7.84. The molecule has 0 saturated carbocycles. The van der Waals surface area contributed by atoms with Gasteiger partial charge in [-0.1, -0.05) is 13.8 Å². The number of halogens is 1. The van der Waals surface area contributed by atoms with Crippen molar-refractivity contribution in [1.29, 1.82) is 0 Å². The van der Waals surface area contributed by atoms with Gasteiger partial charge in [0.1, 0.15) is 5.82 Å². The van der Waals surface area contributed by atoms with Gasteiger partial charge in [0.2, 0.25) is 0 Å². The minimum atomic E-state index is -0.389. The average Bonchev–Trinajstić information content (AvgIpc) is 2.44. The van der Waals surface area contributed by atoms with Gasteiger partial charge in [-0.25, -0.2) is 9.18 Å². The number of hydrogen-bond acceptors (Lipinski definition) is 3. The number of rotatable bonds is 7. The number of benzene rings is 1. The SMILES string of the molecule is CC(C)N(C)c1ccc(NC(=O)NCC(C)(C)CCO)cc1F. The van der Waals surface area contributed by atoms with E-state index in [0.29, 0.717) is 24.3 Å². The van der Waals surface area contributed by atoms with Gasteiger partial charge in [-0.15, -0.1) is 0 Å². The summed E-state index contributed by atoms with van der Waals surface area (Å²) < 4.78 is 14.1. The van der Waals surface area contributed by atoms with Crippen molar-refractivity contribution in [3.8, 4) is 0 Å². The van der Waals surface area contributed by atoms with Crippen LogP contribution in [0.15, 0.2) is 18.2 Å². The lowest BCUT2D eigenvalue weighted by molar-refractivity contribution is 0.204. The molecule has 1 rings (SSSR count). The third-order valence-electron chi connectivity index (χ3n) is 3.88. The van der Waals surface area contributed by atoms with Crippen LogP contribution in [-0.4, -0.2) is 37.4 Å². The van der Waals surface area contributed by atoms with Crippen molar-refractivity contribution in [3.05, 3.63) is 24.0 Å². The summed E-state index contributed by atoms with van der Waals surface area (Å²) in [5.41, 5.74) is 0.706. The molecule has 6 heteroatoms. The maximum Gasteiger partial charge on any atom is 0.319 e. The third kappa shape index (κ3) is 6.06. The molecule has 0 aliphatic rings. The van der Waals surface area contributed by atoms with E-state index in [1.807, 2.05) is 39.6 Å². The van der Waals surface area contributed by atoms with Crippen molar-refractivity contribution in [2.45, 2.75) is 40.2 Å². The fraction of sp³-hybridized carbons (Fsp3) is 0.588.